The molecule has 0 aliphatic carbocycles. The molecule has 1 aromatic carbocycles. The van der Waals surface area contributed by atoms with Crippen LogP contribution in [0.5, 0.6) is 0 Å². The van der Waals surface area contributed by atoms with Crippen molar-refractivity contribution in [2.24, 2.45) is 5.92 Å². The minimum absolute atomic E-state index is 0.0887. The number of piperidine rings is 1. The van der Waals surface area contributed by atoms with E-state index in [-0.39, 0.29) is 11.8 Å². The average Bonchev–Trinajstić information content (AvgIpc) is 2.90. The molecule has 2 aromatic rings. The molecule has 1 unspecified atom stereocenters. The van der Waals surface area contributed by atoms with Crippen LogP contribution in [0.15, 0.2) is 24.3 Å². The molecule has 0 bridgehead atoms. The molecule has 0 radical (unpaired) electrons. The maximum absolute atomic E-state index is 11.8. The Morgan fingerprint density at radius 2 is 2.32 bits per heavy atom. The van der Waals surface area contributed by atoms with Crippen LogP contribution < -0.4 is 10.2 Å². The highest BCUT2D eigenvalue weighted by Gasteiger charge is 2.26. The lowest BCUT2D eigenvalue weighted by atomic mass is 9.98. The van der Waals surface area contributed by atoms with Crippen LogP contribution >= 0.6 is 11.3 Å². The first kappa shape index (κ1) is 12.4. The van der Waals surface area contributed by atoms with Gasteiger partial charge in [-0.1, -0.05) is 23.5 Å². The van der Waals surface area contributed by atoms with E-state index >= 15 is 0 Å². The third-order valence-corrected chi connectivity index (χ3v) is 4.69. The summed E-state index contributed by atoms with van der Waals surface area (Å²) >= 11 is 1.71. The Morgan fingerprint density at radius 3 is 3.11 bits per heavy atom. The first-order valence-electron chi connectivity index (χ1n) is 6.60. The zero-order valence-electron chi connectivity index (χ0n) is 10.9. The Labute approximate surface area is 116 Å². The molecule has 2 heterocycles. The maximum Gasteiger partial charge on any atom is 0.224 e. The van der Waals surface area contributed by atoms with E-state index in [1.165, 1.54) is 4.70 Å². The Hall–Kier alpha value is -1.62. The van der Waals surface area contributed by atoms with Crippen LogP contribution in [0.3, 0.4) is 0 Å². The highest BCUT2D eigenvalue weighted by molar-refractivity contribution is 7.22. The van der Waals surface area contributed by atoms with Crippen molar-refractivity contribution in [2.75, 3.05) is 25.0 Å². The minimum Gasteiger partial charge on any atom is -0.359 e. The molecular weight excluding hydrogens is 258 g/mol. The van der Waals surface area contributed by atoms with Crippen LogP contribution in [-0.4, -0.2) is 31.0 Å². The van der Waals surface area contributed by atoms with Gasteiger partial charge in [0.15, 0.2) is 5.13 Å². The Bertz CT molecular complexity index is 562. The van der Waals surface area contributed by atoms with Gasteiger partial charge in [-0.2, -0.15) is 0 Å². The van der Waals surface area contributed by atoms with Crippen LogP contribution in [0, 0.1) is 5.92 Å². The number of thiazole rings is 1. The molecule has 4 nitrogen and oxygen atoms in total. The number of benzene rings is 1. The molecular formula is C14H17N3OS. The molecule has 1 aliphatic rings. The summed E-state index contributed by atoms with van der Waals surface area (Å²) in [6.45, 7) is 1.77. The highest BCUT2D eigenvalue weighted by atomic mass is 32.1. The van der Waals surface area contributed by atoms with Crippen molar-refractivity contribution in [3.8, 4) is 0 Å². The third kappa shape index (κ3) is 2.42. The predicted molar refractivity (Wildman–Crippen MR) is 78.6 cm³/mol. The summed E-state index contributed by atoms with van der Waals surface area (Å²) in [7, 11) is 1.71. The number of nitrogens with one attached hydrogen (secondary N) is 1. The molecule has 19 heavy (non-hydrogen) atoms. The lowest BCUT2D eigenvalue weighted by Gasteiger charge is -2.31. The number of amides is 1. The van der Waals surface area contributed by atoms with E-state index in [1.54, 1.807) is 18.4 Å². The van der Waals surface area contributed by atoms with Crippen LogP contribution in [-0.2, 0) is 4.79 Å². The van der Waals surface area contributed by atoms with Gasteiger partial charge in [0, 0.05) is 20.1 Å². The SMILES string of the molecule is CNC(=O)C1CCCN(c2nc3ccccc3s2)C1. The van der Waals surface area contributed by atoms with E-state index in [9.17, 15) is 4.79 Å². The normalized spacial score (nSPS) is 19.6. The summed E-state index contributed by atoms with van der Waals surface area (Å²) in [5, 5.41) is 3.79. The summed E-state index contributed by atoms with van der Waals surface area (Å²) in [4.78, 5) is 18.7. The number of carbonyl (C=O) groups is 1. The van der Waals surface area contributed by atoms with Crippen LogP contribution in [0.25, 0.3) is 10.2 Å². The molecule has 1 N–H and O–H groups in total. The first-order valence-corrected chi connectivity index (χ1v) is 7.41. The molecule has 5 heteroatoms. The van der Waals surface area contributed by atoms with Gasteiger partial charge in [-0.25, -0.2) is 4.98 Å². The van der Waals surface area contributed by atoms with Crippen molar-refractivity contribution in [1.82, 2.24) is 10.3 Å². The van der Waals surface area contributed by atoms with Gasteiger partial charge in [0.25, 0.3) is 0 Å². The number of nitrogens with zero attached hydrogens (tertiary/aromatic N) is 2. The molecule has 3 rings (SSSR count). The van der Waals surface area contributed by atoms with Gasteiger partial charge in [-0.15, -0.1) is 0 Å². The zero-order chi connectivity index (χ0) is 13.2. The van der Waals surface area contributed by atoms with E-state index in [0.717, 1.165) is 36.6 Å². The van der Waals surface area contributed by atoms with Gasteiger partial charge >= 0.3 is 0 Å². The Morgan fingerprint density at radius 1 is 1.47 bits per heavy atom. The standard InChI is InChI=1S/C14H17N3OS/c1-15-13(18)10-5-4-8-17(9-10)14-16-11-6-2-3-7-12(11)19-14/h2-3,6-7,10H,4-5,8-9H2,1H3,(H,15,18). The summed E-state index contributed by atoms with van der Waals surface area (Å²) in [5.41, 5.74) is 1.05. The van der Waals surface area contributed by atoms with Crippen molar-refractivity contribution in [3.05, 3.63) is 24.3 Å². The average molecular weight is 275 g/mol. The van der Waals surface area contributed by atoms with Gasteiger partial charge in [0.05, 0.1) is 16.1 Å². The molecule has 1 amide bonds. The number of aromatic nitrogens is 1. The molecule has 1 saturated heterocycles. The number of hydrogen-bond donors (Lipinski definition) is 1. The number of para-hydroxylation sites is 1. The van der Waals surface area contributed by atoms with E-state index in [4.69, 9.17) is 0 Å². The van der Waals surface area contributed by atoms with E-state index < -0.39 is 0 Å². The van der Waals surface area contributed by atoms with Crippen molar-refractivity contribution in [1.29, 1.82) is 0 Å². The second kappa shape index (κ2) is 5.17. The maximum atomic E-state index is 11.8. The van der Waals surface area contributed by atoms with E-state index in [1.807, 2.05) is 18.2 Å². The number of carbonyl (C=O) groups excluding carboxylic acids is 1. The molecule has 0 saturated carbocycles. The topological polar surface area (TPSA) is 45.2 Å². The quantitative estimate of drug-likeness (QED) is 0.914. The number of anilines is 1. The van der Waals surface area contributed by atoms with Gasteiger partial charge in [-0.3, -0.25) is 4.79 Å². The third-order valence-electron chi connectivity index (χ3n) is 3.59. The van der Waals surface area contributed by atoms with Crippen molar-refractivity contribution >= 4 is 32.6 Å². The van der Waals surface area contributed by atoms with Gasteiger partial charge in [-0.05, 0) is 25.0 Å². The van der Waals surface area contributed by atoms with Crippen molar-refractivity contribution < 1.29 is 4.79 Å². The second-order valence-electron chi connectivity index (χ2n) is 4.86. The van der Waals surface area contributed by atoms with Crippen LogP contribution in [0.1, 0.15) is 12.8 Å². The van der Waals surface area contributed by atoms with E-state index in [2.05, 4.69) is 21.3 Å². The fraction of sp³-hybridized carbons (Fsp3) is 0.429. The lowest BCUT2D eigenvalue weighted by molar-refractivity contribution is -0.124. The Balaban J connectivity index is 1.83. The van der Waals surface area contributed by atoms with Crippen molar-refractivity contribution in [2.45, 2.75) is 12.8 Å². The molecule has 1 aliphatic heterocycles. The van der Waals surface area contributed by atoms with E-state index in [0.29, 0.717) is 0 Å². The predicted octanol–water partition coefficient (Wildman–Crippen LogP) is 2.26. The minimum atomic E-state index is 0.0887. The summed E-state index contributed by atoms with van der Waals surface area (Å²) in [6.07, 6.45) is 2.02. The van der Waals surface area contributed by atoms with Crippen molar-refractivity contribution in [3.63, 3.8) is 0 Å². The highest BCUT2D eigenvalue weighted by Crippen LogP contribution is 2.31. The van der Waals surface area contributed by atoms with Gasteiger partial charge in [0.2, 0.25) is 5.91 Å². The van der Waals surface area contributed by atoms with Gasteiger partial charge < -0.3 is 10.2 Å². The number of hydrogen-bond acceptors (Lipinski definition) is 4. The fourth-order valence-corrected chi connectivity index (χ4v) is 3.56. The largest absolute Gasteiger partial charge is 0.359 e. The molecule has 1 atom stereocenters. The van der Waals surface area contributed by atoms with Crippen LogP contribution in [0.2, 0.25) is 0 Å². The summed E-state index contributed by atoms with van der Waals surface area (Å²) < 4.78 is 1.21. The molecule has 1 aromatic heterocycles. The van der Waals surface area contributed by atoms with Gasteiger partial charge in [0.1, 0.15) is 0 Å². The molecule has 100 valence electrons. The fourth-order valence-electron chi connectivity index (χ4n) is 2.56. The number of fused-ring (bicyclic) bond motifs is 1. The smallest absolute Gasteiger partial charge is 0.224 e. The molecule has 0 spiro atoms. The second-order valence-corrected chi connectivity index (χ2v) is 5.87. The first-order chi connectivity index (χ1) is 9.28. The summed E-state index contributed by atoms with van der Waals surface area (Å²) in [5.74, 6) is 0.233. The Kier molecular flexibility index (Phi) is 3.38. The summed E-state index contributed by atoms with van der Waals surface area (Å²) in [6, 6.07) is 8.18. The lowest BCUT2D eigenvalue weighted by Crippen LogP contribution is -2.42. The monoisotopic (exact) mass is 275 g/mol. The zero-order valence-corrected chi connectivity index (χ0v) is 11.7. The number of rotatable bonds is 2. The van der Waals surface area contributed by atoms with Crippen LogP contribution in [0.4, 0.5) is 5.13 Å². The molecule has 1 fully saturated rings.